The normalized spacial score (nSPS) is 17.6. The fourth-order valence-electron chi connectivity index (χ4n) is 1.83. The summed E-state index contributed by atoms with van der Waals surface area (Å²) in [4.78, 5) is 4.26. The summed E-state index contributed by atoms with van der Waals surface area (Å²) in [5.74, 6) is 0. The van der Waals surface area contributed by atoms with Crippen molar-refractivity contribution in [2.75, 3.05) is 0 Å². The van der Waals surface area contributed by atoms with E-state index in [2.05, 4.69) is 47.5 Å². The molecule has 0 saturated heterocycles. The van der Waals surface area contributed by atoms with Gasteiger partial charge in [0, 0.05) is 11.8 Å². The average Bonchev–Trinajstić information content (AvgIpc) is 2.79. The first kappa shape index (κ1) is 7.51. The second-order valence-corrected chi connectivity index (χ2v) is 3.36. The maximum Gasteiger partial charge on any atom is 0.0708 e. The van der Waals surface area contributed by atoms with Crippen LogP contribution in [0.25, 0.3) is 5.57 Å². The fourth-order valence-corrected chi connectivity index (χ4v) is 1.83. The molecule has 1 nitrogen and oxygen atoms in total. The van der Waals surface area contributed by atoms with Crippen molar-refractivity contribution in [3.8, 4) is 0 Å². The average molecular weight is 179 g/mol. The molecule has 3 rings (SSSR count). The zero-order chi connectivity index (χ0) is 9.38. The van der Waals surface area contributed by atoms with Crippen LogP contribution in [-0.4, -0.2) is 6.21 Å². The van der Waals surface area contributed by atoms with Crippen LogP contribution in [0.15, 0.2) is 64.8 Å². The Balaban J connectivity index is 2.05. The van der Waals surface area contributed by atoms with Gasteiger partial charge in [-0.1, -0.05) is 36.4 Å². The Morgan fingerprint density at radius 3 is 2.50 bits per heavy atom. The molecular weight excluding hydrogens is 170 g/mol. The number of aliphatic imine (C=N–C) groups is 1. The van der Waals surface area contributed by atoms with Gasteiger partial charge in [0.25, 0.3) is 0 Å². The van der Waals surface area contributed by atoms with E-state index >= 15 is 0 Å². The lowest BCUT2D eigenvalue weighted by Crippen LogP contribution is -1.84. The molecular formula is C13H9N. The van der Waals surface area contributed by atoms with Crippen molar-refractivity contribution in [2.45, 2.75) is 0 Å². The summed E-state index contributed by atoms with van der Waals surface area (Å²) in [5, 5.41) is 0. The van der Waals surface area contributed by atoms with Gasteiger partial charge in [0.1, 0.15) is 0 Å². The number of hydrogen-bond acceptors (Lipinski definition) is 1. The van der Waals surface area contributed by atoms with Crippen LogP contribution in [0.4, 0.5) is 0 Å². The molecule has 1 aliphatic carbocycles. The molecule has 0 amide bonds. The third-order valence-electron chi connectivity index (χ3n) is 2.51. The zero-order valence-electron chi connectivity index (χ0n) is 7.64. The molecule has 14 heavy (non-hydrogen) atoms. The first-order chi connectivity index (χ1) is 6.95. The van der Waals surface area contributed by atoms with Gasteiger partial charge in [0.05, 0.1) is 5.70 Å². The molecule has 0 bridgehead atoms. The van der Waals surface area contributed by atoms with Gasteiger partial charge in [0.15, 0.2) is 0 Å². The summed E-state index contributed by atoms with van der Waals surface area (Å²) >= 11 is 0. The van der Waals surface area contributed by atoms with Crippen LogP contribution in [0.1, 0.15) is 5.56 Å². The Hall–Kier alpha value is -1.89. The summed E-state index contributed by atoms with van der Waals surface area (Å²) in [6, 6.07) is 10.4. The molecule has 1 heterocycles. The SMILES string of the molecule is C1=NC2=CC=C(c3ccccc3)C2=C1. The predicted octanol–water partition coefficient (Wildman–Crippen LogP) is 2.98. The van der Waals surface area contributed by atoms with Gasteiger partial charge in [-0.3, -0.25) is 4.99 Å². The highest BCUT2D eigenvalue weighted by atomic mass is 14.8. The van der Waals surface area contributed by atoms with Crippen LogP contribution in [0, 0.1) is 0 Å². The number of allylic oxidation sites excluding steroid dienone is 4. The van der Waals surface area contributed by atoms with Crippen LogP contribution < -0.4 is 0 Å². The van der Waals surface area contributed by atoms with Crippen molar-refractivity contribution < 1.29 is 0 Å². The van der Waals surface area contributed by atoms with E-state index in [0.29, 0.717) is 0 Å². The molecule has 0 unspecified atom stereocenters. The first-order valence-corrected chi connectivity index (χ1v) is 4.68. The molecule has 0 atom stereocenters. The minimum atomic E-state index is 1.09. The van der Waals surface area contributed by atoms with Gasteiger partial charge in [-0.15, -0.1) is 0 Å². The van der Waals surface area contributed by atoms with Crippen molar-refractivity contribution in [3.05, 3.63) is 65.4 Å². The van der Waals surface area contributed by atoms with Crippen molar-refractivity contribution in [2.24, 2.45) is 4.99 Å². The molecule has 0 radical (unpaired) electrons. The highest BCUT2D eigenvalue weighted by Gasteiger charge is 2.17. The Kier molecular flexibility index (Phi) is 1.51. The zero-order valence-corrected chi connectivity index (χ0v) is 7.64. The molecule has 0 saturated carbocycles. The van der Waals surface area contributed by atoms with Crippen LogP contribution in [0.2, 0.25) is 0 Å². The van der Waals surface area contributed by atoms with E-state index in [1.807, 2.05) is 12.3 Å². The van der Waals surface area contributed by atoms with Crippen molar-refractivity contribution in [1.82, 2.24) is 0 Å². The molecule has 66 valence electrons. The Labute approximate surface area is 82.8 Å². The van der Waals surface area contributed by atoms with E-state index in [9.17, 15) is 0 Å². The van der Waals surface area contributed by atoms with Crippen LogP contribution in [0.5, 0.6) is 0 Å². The van der Waals surface area contributed by atoms with E-state index in [-0.39, 0.29) is 0 Å². The smallest absolute Gasteiger partial charge is 0.0708 e. The minimum Gasteiger partial charge on any atom is -0.256 e. The molecule has 2 aliphatic rings. The summed E-state index contributed by atoms with van der Waals surface area (Å²) in [6.45, 7) is 0. The lowest BCUT2D eigenvalue weighted by Gasteiger charge is -2.04. The highest BCUT2D eigenvalue weighted by molar-refractivity contribution is 5.96. The summed E-state index contributed by atoms with van der Waals surface area (Å²) in [6.07, 6.45) is 8.12. The van der Waals surface area contributed by atoms with Gasteiger partial charge in [-0.2, -0.15) is 0 Å². The number of hydrogen-bond donors (Lipinski definition) is 0. The molecule has 1 aromatic carbocycles. The standard InChI is InChI=1S/C13H9N/c1-2-4-10(5-3-1)11-6-7-13-12(11)8-9-14-13/h1-9H. The fraction of sp³-hybridized carbons (Fsp3) is 0. The molecule has 1 heteroatoms. The van der Waals surface area contributed by atoms with E-state index in [1.165, 1.54) is 16.7 Å². The predicted molar refractivity (Wildman–Crippen MR) is 59.1 cm³/mol. The Morgan fingerprint density at radius 2 is 1.64 bits per heavy atom. The summed E-state index contributed by atoms with van der Waals surface area (Å²) in [5.41, 5.74) is 4.87. The maximum absolute atomic E-state index is 4.26. The largest absolute Gasteiger partial charge is 0.256 e. The quantitative estimate of drug-likeness (QED) is 0.628. The first-order valence-electron chi connectivity index (χ1n) is 4.68. The van der Waals surface area contributed by atoms with Crippen molar-refractivity contribution >= 4 is 11.8 Å². The second kappa shape index (κ2) is 2.81. The number of nitrogens with zero attached hydrogens (tertiary/aromatic N) is 1. The molecule has 0 spiro atoms. The third kappa shape index (κ3) is 0.990. The van der Waals surface area contributed by atoms with Crippen molar-refractivity contribution in [3.63, 3.8) is 0 Å². The number of rotatable bonds is 1. The van der Waals surface area contributed by atoms with E-state index < -0.39 is 0 Å². The van der Waals surface area contributed by atoms with E-state index in [4.69, 9.17) is 0 Å². The summed E-state index contributed by atoms with van der Waals surface area (Å²) < 4.78 is 0. The van der Waals surface area contributed by atoms with E-state index in [1.54, 1.807) is 0 Å². The van der Waals surface area contributed by atoms with Crippen LogP contribution >= 0.6 is 0 Å². The molecule has 1 aromatic rings. The van der Waals surface area contributed by atoms with Crippen LogP contribution in [-0.2, 0) is 0 Å². The third-order valence-corrected chi connectivity index (χ3v) is 2.51. The Morgan fingerprint density at radius 1 is 0.786 bits per heavy atom. The summed E-state index contributed by atoms with van der Waals surface area (Å²) in [7, 11) is 0. The second-order valence-electron chi connectivity index (χ2n) is 3.36. The van der Waals surface area contributed by atoms with Crippen molar-refractivity contribution in [1.29, 1.82) is 0 Å². The lowest BCUT2D eigenvalue weighted by atomic mass is 10.0. The maximum atomic E-state index is 4.26. The van der Waals surface area contributed by atoms with Gasteiger partial charge in [-0.25, -0.2) is 0 Å². The van der Waals surface area contributed by atoms with E-state index in [0.717, 1.165) is 5.70 Å². The molecule has 0 N–H and O–H groups in total. The molecule has 0 fully saturated rings. The lowest BCUT2D eigenvalue weighted by molar-refractivity contribution is 1.43. The highest BCUT2D eigenvalue weighted by Crippen LogP contribution is 2.35. The monoisotopic (exact) mass is 179 g/mol. The van der Waals surface area contributed by atoms with Gasteiger partial charge in [-0.05, 0) is 23.3 Å². The molecule has 0 aromatic heterocycles. The molecule has 1 aliphatic heterocycles. The van der Waals surface area contributed by atoms with Gasteiger partial charge >= 0.3 is 0 Å². The van der Waals surface area contributed by atoms with Gasteiger partial charge < -0.3 is 0 Å². The number of fused-ring (bicyclic) bond motifs is 1. The van der Waals surface area contributed by atoms with Crippen LogP contribution in [0.3, 0.4) is 0 Å². The Bertz CT molecular complexity index is 487. The number of benzene rings is 1. The topological polar surface area (TPSA) is 12.4 Å². The van der Waals surface area contributed by atoms with Gasteiger partial charge in [0.2, 0.25) is 0 Å². The minimum absolute atomic E-state index is 1.09.